The molecule has 2 aliphatic carbocycles. The molecular formula is C15H24BrN3. The lowest BCUT2D eigenvalue weighted by Crippen LogP contribution is -2.22. The Balaban J connectivity index is 1.70. The van der Waals surface area contributed by atoms with E-state index in [-0.39, 0.29) is 6.04 Å². The molecule has 1 heterocycles. The molecule has 2 bridgehead atoms. The van der Waals surface area contributed by atoms with Gasteiger partial charge in [0, 0.05) is 12.6 Å². The summed E-state index contributed by atoms with van der Waals surface area (Å²) in [6.45, 7) is 3.15. The molecule has 0 saturated heterocycles. The van der Waals surface area contributed by atoms with E-state index in [2.05, 4.69) is 32.6 Å². The molecule has 3 rings (SSSR count). The largest absolute Gasteiger partial charge is 0.323 e. The Labute approximate surface area is 124 Å². The van der Waals surface area contributed by atoms with Crippen LogP contribution in [0.5, 0.6) is 0 Å². The Morgan fingerprint density at radius 2 is 2.32 bits per heavy atom. The zero-order chi connectivity index (χ0) is 13.4. The number of aromatic nitrogens is 2. The van der Waals surface area contributed by atoms with Gasteiger partial charge in [-0.3, -0.25) is 4.68 Å². The summed E-state index contributed by atoms with van der Waals surface area (Å²) < 4.78 is 3.17. The highest BCUT2D eigenvalue weighted by atomic mass is 79.9. The monoisotopic (exact) mass is 325 g/mol. The van der Waals surface area contributed by atoms with Crippen molar-refractivity contribution in [1.82, 2.24) is 9.78 Å². The minimum Gasteiger partial charge on any atom is -0.323 e. The number of nitrogens with zero attached hydrogens (tertiary/aromatic N) is 2. The predicted molar refractivity (Wildman–Crippen MR) is 80.7 cm³/mol. The third kappa shape index (κ3) is 2.62. The number of nitrogens with two attached hydrogens (primary N) is 1. The Bertz CT molecular complexity index is 443. The second kappa shape index (κ2) is 5.57. The third-order valence-corrected chi connectivity index (χ3v) is 5.67. The van der Waals surface area contributed by atoms with E-state index in [9.17, 15) is 0 Å². The number of aryl methyl sites for hydroxylation is 1. The van der Waals surface area contributed by atoms with Crippen molar-refractivity contribution in [1.29, 1.82) is 0 Å². The van der Waals surface area contributed by atoms with Gasteiger partial charge in [0.05, 0.1) is 16.4 Å². The zero-order valence-corrected chi connectivity index (χ0v) is 13.3. The summed E-state index contributed by atoms with van der Waals surface area (Å²) in [7, 11) is 0. The van der Waals surface area contributed by atoms with Crippen molar-refractivity contribution in [2.45, 2.75) is 58.0 Å². The molecule has 3 nitrogen and oxygen atoms in total. The highest BCUT2D eigenvalue weighted by Crippen LogP contribution is 2.50. The number of halogens is 1. The Morgan fingerprint density at radius 1 is 1.47 bits per heavy atom. The van der Waals surface area contributed by atoms with Crippen molar-refractivity contribution in [2.24, 2.45) is 23.5 Å². The van der Waals surface area contributed by atoms with Crippen LogP contribution in [-0.4, -0.2) is 9.78 Å². The number of rotatable bonds is 5. The number of hydrogen-bond donors (Lipinski definition) is 1. The Hall–Kier alpha value is -0.350. The number of fused-ring (bicyclic) bond motifs is 2. The zero-order valence-electron chi connectivity index (χ0n) is 11.7. The van der Waals surface area contributed by atoms with E-state index in [4.69, 9.17) is 5.73 Å². The molecule has 19 heavy (non-hydrogen) atoms. The lowest BCUT2D eigenvalue weighted by atomic mass is 9.84. The molecular weight excluding hydrogens is 302 g/mol. The van der Waals surface area contributed by atoms with Crippen LogP contribution in [0.1, 0.15) is 57.2 Å². The van der Waals surface area contributed by atoms with Crippen molar-refractivity contribution >= 4 is 15.9 Å². The van der Waals surface area contributed by atoms with Crippen LogP contribution in [0, 0.1) is 17.8 Å². The van der Waals surface area contributed by atoms with Crippen molar-refractivity contribution < 1.29 is 0 Å². The average molecular weight is 326 g/mol. The Kier molecular flexibility index (Phi) is 3.99. The van der Waals surface area contributed by atoms with Crippen LogP contribution < -0.4 is 5.73 Å². The summed E-state index contributed by atoms with van der Waals surface area (Å²) in [5.74, 6) is 2.81. The van der Waals surface area contributed by atoms with Gasteiger partial charge in [-0.2, -0.15) is 5.10 Å². The van der Waals surface area contributed by atoms with Crippen LogP contribution >= 0.6 is 15.9 Å². The summed E-state index contributed by atoms with van der Waals surface area (Å²) in [6.07, 6.45) is 9.92. The molecule has 4 heteroatoms. The molecule has 2 aliphatic rings. The van der Waals surface area contributed by atoms with Crippen molar-refractivity contribution in [2.75, 3.05) is 0 Å². The van der Waals surface area contributed by atoms with Crippen LogP contribution in [0.3, 0.4) is 0 Å². The molecule has 2 fully saturated rings. The average Bonchev–Trinajstić information content (AvgIpc) is 3.05. The first-order chi connectivity index (χ1) is 9.19. The van der Waals surface area contributed by atoms with Crippen molar-refractivity contribution in [3.05, 3.63) is 16.4 Å². The maximum atomic E-state index is 6.49. The molecule has 106 valence electrons. The normalized spacial score (nSPS) is 31.0. The summed E-state index contributed by atoms with van der Waals surface area (Å²) in [6, 6.07) is 0.132. The van der Waals surface area contributed by atoms with Gasteiger partial charge in [-0.1, -0.05) is 13.3 Å². The van der Waals surface area contributed by atoms with E-state index in [0.717, 1.165) is 41.6 Å². The van der Waals surface area contributed by atoms with E-state index in [1.165, 1.54) is 31.4 Å². The maximum Gasteiger partial charge on any atom is 0.0693 e. The molecule has 0 amide bonds. The van der Waals surface area contributed by atoms with E-state index >= 15 is 0 Å². The molecule has 1 aromatic heterocycles. The van der Waals surface area contributed by atoms with Crippen molar-refractivity contribution in [3.63, 3.8) is 0 Å². The second-order valence-electron chi connectivity index (χ2n) is 6.38. The fourth-order valence-electron chi connectivity index (χ4n) is 4.23. The smallest absolute Gasteiger partial charge is 0.0693 e. The van der Waals surface area contributed by atoms with E-state index in [1.807, 2.05) is 6.20 Å². The summed E-state index contributed by atoms with van der Waals surface area (Å²) in [5, 5.41) is 4.44. The van der Waals surface area contributed by atoms with Crippen molar-refractivity contribution in [3.8, 4) is 0 Å². The van der Waals surface area contributed by atoms with Crippen LogP contribution in [0.2, 0.25) is 0 Å². The first-order valence-corrected chi connectivity index (χ1v) is 8.45. The van der Waals surface area contributed by atoms with Gasteiger partial charge in [-0.25, -0.2) is 0 Å². The molecule has 0 aromatic carbocycles. The molecule has 2 saturated carbocycles. The van der Waals surface area contributed by atoms with Gasteiger partial charge in [-0.05, 0) is 65.8 Å². The molecule has 1 aromatic rings. The quantitative estimate of drug-likeness (QED) is 0.892. The SMILES string of the molecule is CCCn1ncc(Br)c1C(N)CC1CC2CCC1C2. The van der Waals surface area contributed by atoms with Gasteiger partial charge in [0.25, 0.3) is 0 Å². The van der Waals surface area contributed by atoms with Crippen LogP contribution in [0.25, 0.3) is 0 Å². The van der Waals surface area contributed by atoms with Gasteiger partial charge < -0.3 is 5.73 Å². The lowest BCUT2D eigenvalue weighted by Gasteiger charge is -2.25. The molecule has 4 unspecified atom stereocenters. The van der Waals surface area contributed by atoms with Gasteiger partial charge in [0.1, 0.15) is 0 Å². The summed E-state index contributed by atoms with van der Waals surface area (Å²) in [4.78, 5) is 0. The minimum atomic E-state index is 0.132. The van der Waals surface area contributed by atoms with Crippen LogP contribution in [-0.2, 0) is 6.54 Å². The van der Waals surface area contributed by atoms with Crippen LogP contribution in [0.4, 0.5) is 0 Å². The van der Waals surface area contributed by atoms with Gasteiger partial charge in [0.2, 0.25) is 0 Å². The standard InChI is InChI=1S/C15H24BrN3/c1-2-5-19-15(13(16)9-18-19)14(17)8-12-7-10-3-4-11(12)6-10/h9-12,14H,2-8,17H2,1H3. The fourth-order valence-corrected chi connectivity index (χ4v) is 4.82. The van der Waals surface area contributed by atoms with Gasteiger partial charge in [-0.15, -0.1) is 0 Å². The predicted octanol–water partition coefficient (Wildman–Crippen LogP) is 3.88. The highest BCUT2D eigenvalue weighted by molar-refractivity contribution is 9.10. The first kappa shape index (κ1) is 13.6. The Morgan fingerprint density at radius 3 is 2.95 bits per heavy atom. The molecule has 4 atom stereocenters. The highest BCUT2D eigenvalue weighted by Gasteiger charge is 2.40. The van der Waals surface area contributed by atoms with E-state index in [1.54, 1.807) is 0 Å². The fraction of sp³-hybridized carbons (Fsp3) is 0.800. The number of hydrogen-bond acceptors (Lipinski definition) is 2. The molecule has 0 radical (unpaired) electrons. The molecule has 0 aliphatic heterocycles. The lowest BCUT2D eigenvalue weighted by molar-refractivity contribution is 0.291. The summed E-state index contributed by atoms with van der Waals surface area (Å²) in [5.41, 5.74) is 7.69. The topological polar surface area (TPSA) is 43.8 Å². The second-order valence-corrected chi connectivity index (χ2v) is 7.23. The van der Waals surface area contributed by atoms with E-state index < -0.39 is 0 Å². The van der Waals surface area contributed by atoms with Gasteiger partial charge in [0.15, 0.2) is 0 Å². The maximum absolute atomic E-state index is 6.49. The molecule has 0 spiro atoms. The molecule has 2 N–H and O–H groups in total. The first-order valence-electron chi connectivity index (χ1n) is 7.65. The third-order valence-electron chi connectivity index (χ3n) is 5.06. The van der Waals surface area contributed by atoms with Gasteiger partial charge >= 0.3 is 0 Å². The minimum absolute atomic E-state index is 0.132. The van der Waals surface area contributed by atoms with E-state index in [0.29, 0.717) is 0 Å². The van der Waals surface area contributed by atoms with Crippen LogP contribution in [0.15, 0.2) is 10.7 Å². The summed E-state index contributed by atoms with van der Waals surface area (Å²) >= 11 is 3.61.